The van der Waals surface area contributed by atoms with Crippen molar-refractivity contribution in [2.24, 2.45) is 0 Å². The standard InChI is InChI=1S/C18H17N5O4/c24-18(15-5-3-7-25-15)20-13-9-26-17-14(10-27-16(13)17)23-8-12(21-22-23)11-4-1-2-6-19-11/h1-8,13-14,16-17H,9-10H2,(H,20,24). The zero-order valence-electron chi connectivity index (χ0n) is 14.3. The number of amides is 1. The number of hydrogen-bond donors (Lipinski definition) is 1. The maximum Gasteiger partial charge on any atom is 0.287 e. The van der Waals surface area contributed by atoms with E-state index in [2.05, 4.69) is 20.6 Å². The number of furan rings is 1. The summed E-state index contributed by atoms with van der Waals surface area (Å²) in [5.41, 5.74) is 1.45. The second kappa shape index (κ2) is 6.60. The van der Waals surface area contributed by atoms with Crippen molar-refractivity contribution in [3.05, 3.63) is 54.7 Å². The second-order valence-electron chi connectivity index (χ2n) is 6.52. The maximum atomic E-state index is 12.2. The van der Waals surface area contributed by atoms with Crippen molar-refractivity contribution in [1.29, 1.82) is 0 Å². The summed E-state index contributed by atoms with van der Waals surface area (Å²) in [4.78, 5) is 16.5. The van der Waals surface area contributed by atoms with Crippen LogP contribution in [0.3, 0.4) is 0 Å². The highest BCUT2D eigenvalue weighted by Gasteiger charge is 2.49. The second-order valence-corrected chi connectivity index (χ2v) is 6.52. The molecule has 0 bridgehead atoms. The third kappa shape index (κ3) is 2.90. The average Bonchev–Trinajstić information content (AvgIpc) is 3.47. The summed E-state index contributed by atoms with van der Waals surface area (Å²) in [6.07, 6.45) is 4.59. The SMILES string of the molecule is O=C(NC1COC2C1OCC2n1cc(-c2ccccn2)nn1)c1ccco1. The summed E-state index contributed by atoms with van der Waals surface area (Å²) >= 11 is 0. The highest BCUT2D eigenvalue weighted by atomic mass is 16.6. The number of carbonyl (C=O) groups is 1. The first-order valence-electron chi connectivity index (χ1n) is 8.70. The number of hydrogen-bond acceptors (Lipinski definition) is 7. The molecule has 138 valence electrons. The van der Waals surface area contributed by atoms with E-state index in [1.54, 1.807) is 23.0 Å². The fraction of sp³-hybridized carbons (Fsp3) is 0.333. The number of pyridine rings is 1. The van der Waals surface area contributed by atoms with Gasteiger partial charge < -0.3 is 19.2 Å². The van der Waals surface area contributed by atoms with E-state index < -0.39 is 0 Å². The normalized spacial score (nSPS) is 26.8. The lowest BCUT2D eigenvalue weighted by molar-refractivity contribution is 0.0612. The highest BCUT2D eigenvalue weighted by molar-refractivity contribution is 5.91. The van der Waals surface area contributed by atoms with Crippen LogP contribution in [0.1, 0.15) is 16.6 Å². The molecule has 27 heavy (non-hydrogen) atoms. The van der Waals surface area contributed by atoms with Crippen LogP contribution in [0.15, 0.2) is 53.4 Å². The summed E-state index contributed by atoms with van der Waals surface area (Å²) < 4.78 is 18.7. The molecule has 2 aliphatic heterocycles. The predicted octanol–water partition coefficient (Wildman–Crippen LogP) is 1.07. The van der Waals surface area contributed by atoms with Gasteiger partial charge >= 0.3 is 0 Å². The van der Waals surface area contributed by atoms with Crippen molar-refractivity contribution >= 4 is 5.91 Å². The smallest absolute Gasteiger partial charge is 0.287 e. The van der Waals surface area contributed by atoms with Gasteiger partial charge in [0.2, 0.25) is 0 Å². The molecular weight excluding hydrogens is 350 g/mol. The number of nitrogens with one attached hydrogen (secondary N) is 1. The molecule has 0 aromatic carbocycles. The van der Waals surface area contributed by atoms with Gasteiger partial charge in [-0.05, 0) is 24.3 Å². The molecule has 5 rings (SSSR count). The topological polar surface area (TPSA) is 104 Å². The highest BCUT2D eigenvalue weighted by Crippen LogP contribution is 2.34. The van der Waals surface area contributed by atoms with E-state index in [0.29, 0.717) is 18.9 Å². The third-order valence-corrected chi connectivity index (χ3v) is 4.87. The van der Waals surface area contributed by atoms with Crippen molar-refractivity contribution in [1.82, 2.24) is 25.3 Å². The van der Waals surface area contributed by atoms with Gasteiger partial charge in [0.1, 0.15) is 23.9 Å². The lowest BCUT2D eigenvalue weighted by Gasteiger charge is -2.17. The molecule has 4 atom stereocenters. The summed E-state index contributed by atoms with van der Waals surface area (Å²) in [5.74, 6) is -0.0104. The van der Waals surface area contributed by atoms with E-state index >= 15 is 0 Å². The number of fused-ring (bicyclic) bond motifs is 1. The summed E-state index contributed by atoms with van der Waals surface area (Å²) in [5, 5.41) is 11.3. The van der Waals surface area contributed by atoms with E-state index in [1.807, 2.05) is 24.4 Å². The van der Waals surface area contributed by atoms with Crippen molar-refractivity contribution in [3.63, 3.8) is 0 Å². The lowest BCUT2D eigenvalue weighted by atomic mass is 10.1. The van der Waals surface area contributed by atoms with Gasteiger partial charge in [0.25, 0.3) is 5.91 Å². The molecular formula is C18H17N5O4. The Morgan fingerprint density at radius 2 is 2.04 bits per heavy atom. The van der Waals surface area contributed by atoms with Crippen LogP contribution in [-0.4, -0.2) is 57.3 Å². The van der Waals surface area contributed by atoms with E-state index in [4.69, 9.17) is 13.9 Å². The lowest BCUT2D eigenvalue weighted by Crippen LogP contribution is -2.44. The molecule has 9 nitrogen and oxygen atoms in total. The van der Waals surface area contributed by atoms with Gasteiger partial charge in [-0.25, -0.2) is 4.68 Å². The van der Waals surface area contributed by atoms with Crippen LogP contribution in [0, 0.1) is 0 Å². The van der Waals surface area contributed by atoms with Crippen molar-refractivity contribution in [2.75, 3.05) is 13.2 Å². The van der Waals surface area contributed by atoms with E-state index in [0.717, 1.165) is 5.69 Å². The number of rotatable bonds is 4. The molecule has 0 radical (unpaired) electrons. The van der Waals surface area contributed by atoms with Gasteiger partial charge in [-0.2, -0.15) is 0 Å². The molecule has 4 unspecified atom stereocenters. The van der Waals surface area contributed by atoms with Crippen molar-refractivity contribution in [2.45, 2.75) is 24.3 Å². The monoisotopic (exact) mass is 367 g/mol. The quantitative estimate of drug-likeness (QED) is 0.735. The largest absolute Gasteiger partial charge is 0.459 e. The summed E-state index contributed by atoms with van der Waals surface area (Å²) in [6, 6.07) is 8.59. The number of nitrogens with zero attached hydrogens (tertiary/aromatic N) is 4. The van der Waals surface area contributed by atoms with Gasteiger partial charge in [0.15, 0.2) is 5.76 Å². The Bertz CT molecular complexity index is 926. The predicted molar refractivity (Wildman–Crippen MR) is 91.7 cm³/mol. The average molecular weight is 367 g/mol. The van der Waals surface area contributed by atoms with Crippen LogP contribution in [0.25, 0.3) is 11.4 Å². The molecule has 0 saturated carbocycles. The fourth-order valence-corrected chi connectivity index (χ4v) is 3.55. The third-order valence-electron chi connectivity index (χ3n) is 4.87. The maximum absolute atomic E-state index is 12.2. The molecule has 3 aromatic heterocycles. The Morgan fingerprint density at radius 3 is 2.85 bits per heavy atom. The molecule has 2 fully saturated rings. The van der Waals surface area contributed by atoms with Gasteiger partial charge in [-0.3, -0.25) is 9.78 Å². The first-order valence-corrected chi connectivity index (χ1v) is 8.70. The Hall–Kier alpha value is -3.04. The molecule has 3 aromatic rings. The Kier molecular flexibility index (Phi) is 3.95. The molecule has 0 spiro atoms. The first-order chi connectivity index (χ1) is 13.3. The van der Waals surface area contributed by atoms with Crippen LogP contribution >= 0.6 is 0 Å². The van der Waals surface area contributed by atoms with Crippen LogP contribution in [0.2, 0.25) is 0 Å². The minimum Gasteiger partial charge on any atom is -0.459 e. The minimum absolute atomic E-state index is 0.106. The number of ether oxygens (including phenoxy) is 2. The molecule has 5 heterocycles. The van der Waals surface area contributed by atoms with Crippen LogP contribution in [0.5, 0.6) is 0 Å². The molecule has 1 amide bonds. The Morgan fingerprint density at radius 1 is 1.11 bits per heavy atom. The molecule has 0 aliphatic carbocycles. The Balaban J connectivity index is 1.29. The number of aromatic nitrogens is 4. The molecule has 2 saturated heterocycles. The minimum atomic E-state index is -0.278. The van der Waals surface area contributed by atoms with Gasteiger partial charge in [0.05, 0.1) is 37.4 Å². The summed E-state index contributed by atoms with van der Waals surface area (Å²) in [7, 11) is 0. The van der Waals surface area contributed by atoms with Gasteiger partial charge in [-0.1, -0.05) is 11.3 Å². The van der Waals surface area contributed by atoms with Crippen molar-refractivity contribution < 1.29 is 18.7 Å². The van der Waals surface area contributed by atoms with Crippen molar-refractivity contribution in [3.8, 4) is 11.4 Å². The molecule has 9 heteroatoms. The number of carbonyl (C=O) groups excluding carboxylic acids is 1. The fourth-order valence-electron chi connectivity index (χ4n) is 3.55. The van der Waals surface area contributed by atoms with E-state index in [-0.39, 0.29) is 36.0 Å². The van der Waals surface area contributed by atoms with E-state index in [1.165, 1.54) is 6.26 Å². The van der Waals surface area contributed by atoms with Gasteiger partial charge in [0, 0.05) is 6.20 Å². The zero-order chi connectivity index (χ0) is 18.2. The van der Waals surface area contributed by atoms with Crippen LogP contribution in [-0.2, 0) is 9.47 Å². The molecule has 1 N–H and O–H groups in total. The summed E-state index contributed by atoms with van der Waals surface area (Å²) in [6.45, 7) is 0.813. The van der Waals surface area contributed by atoms with Crippen LogP contribution in [0.4, 0.5) is 0 Å². The van der Waals surface area contributed by atoms with Gasteiger partial charge in [-0.15, -0.1) is 5.10 Å². The zero-order valence-corrected chi connectivity index (χ0v) is 14.3. The van der Waals surface area contributed by atoms with E-state index in [9.17, 15) is 4.79 Å². The molecule has 2 aliphatic rings. The van der Waals surface area contributed by atoms with Crippen LogP contribution < -0.4 is 5.32 Å². The Labute approximate surface area is 154 Å². The first kappa shape index (κ1) is 16.2.